The van der Waals surface area contributed by atoms with Crippen molar-refractivity contribution in [3.8, 4) is 0 Å². The molecule has 0 aromatic heterocycles. The number of carbonyl (C=O) groups excluding carboxylic acids is 1. The van der Waals surface area contributed by atoms with E-state index in [1.807, 2.05) is 21.6 Å². The SMILES string of the molecule is CC[C@]12OB(CNC(=O)CCCC[C@H]3CCSS3)OC1CC1CC2C1(C)C. The minimum Gasteiger partial charge on any atom is -0.404 e. The van der Waals surface area contributed by atoms with Gasteiger partial charge in [-0.15, -0.1) is 0 Å². The van der Waals surface area contributed by atoms with Crippen molar-refractivity contribution >= 4 is 34.6 Å². The van der Waals surface area contributed by atoms with Crippen molar-refractivity contribution in [3.05, 3.63) is 0 Å². The highest BCUT2D eigenvalue weighted by molar-refractivity contribution is 8.77. The van der Waals surface area contributed by atoms with Gasteiger partial charge in [-0.3, -0.25) is 4.79 Å². The first-order valence-electron chi connectivity index (χ1n) is 10.8. The molecule has 0 radical (unpaired) electrons. The first kappa shape index (κ1) is 20.4. The van der Waals surface area contributed by atoms with Crippen molar-refractivity contribution in [1.82, 2.24) is 5.32 Å². The summed E-state index contributed by atoms with van der Waals surface area (Å²) in [4.78, 5) is 12.2. The lowest BCUT2D eigenvalue weighted by Gasteiger charge is -2.65. The minimum atomic E-state index is -0.277. The molecule has 4 nitrogen and oxygen atoms in total. The quantitative estimate of drug-likeness (QED) is 0.363. The molecule has 3 unspecified atom stereocenters. The third kappa shape index (κ3) is 3.83. The van der Waals surface area contributed by atoms with Gasteiger partial charge in [0.15, 0.2) is 0 Å². The third-order valence-corrected chi connectivity index (χ3v) is 10.7. The van der Waals surface area contributed by atoms with E-state index >= 15 is 0 Å². The first-order chi connectivity index (χ1) is 13.0. The highest BCUT2D eigenvalue weighted by Crippen LogP contribution is 2.66. The molecule has 5 atom stereocenters. The average Bonchev–Trinajstić information content (AvgIpc) is 3.30. The molecule has 0 aromatic carbocycles. The molecule has 7 heteroatoms. The Kier molecular flexibility index (Phi) is 6.14. The summed E-state index contributed by atoms with van der Waals surface area (Å²) < 4.78 is 12.7. The number of nitrogens with one attached hydrogen (secondary N) is 1. The van der Waals surface area contributed by atoms with Crippen LogP contribution >= 0.6 is 21.6 Å². The minimum absolute atomic E-state index is 0.134. The van der Waals surface area contributed by atoms with Crippen molar-refractivity contribution in [2.75, 3.05) is 12.2 Å². The molecule has 2 aliphatic heterocycles. The van der Waals surface area contributed by atoms with Crippen molar-refractivity contribution in [2.45, 2.75) is 89.1 Å². The van der Waals surface area contributed by atoms with Gasteiger partial charge in [-0.25, -0.2) is 0 Å². The smallest absolute Gasteiger partial charge is 0.404 e. The largest absolute Gasteiger partial charge is 0.478 e. The first-order valence-corrected chi connectivity index (χ1v) is 13.2. The van der Waals surface area contributed by atoms with E-state index < -0.39 is 0 Å². The standard InChI is InChI=1S/C20H34BNO3S2/c1-4-20-16-11-14(19(16,2)3)12-17(20)24-21(25-20)13-22-18(23)8-6-5-7-15-9-10-26-27-15/h14-17H,4-13H2,1-3H3,(H,22,23)/t14?,15-,16?,17?,20+/m0/s1. The zero-order valence-corrected chi connectivity index (χ0v) is 18.6. The molecular formula is C20H34BNO3S2. The van der Waals surface area contributed by atoms with Crippen LogP contribution in [-0.4, -0.2) is 42.2 Å². The summed E-state index contributed by atoms with van der Waals surface area (Å²) in [6.45, 7) is 7.01. The molecule has 1 amide bonds. The monoisotopic (exact) mass is 411 g/mol. The molecule has 0 spiro atoms. The molecule has 5 fully saturated rings. The number of hydrogen-bond donors (Lipinski definition) is 1. The van der Waals surface area contributed by atoms with Crippen LogP contribution in [0.4, 0.5) is 0 Å². The van der Waals surface area contributed by atoms with Crippen LogP contribution < -0.4 is 5.32 Å². The Bertz CT molecular complexity index is 557. The van der Waals surface area contributed by atoms with Crippen molar-refractivity contribution in [3.63, 3.8) is 0 Å². The zero-order valence-electron chi connectivity index (χ0n) is 17.0. The Labute approximate surface area is 172 Å². The predicted molar refractivity (Wildman–Crippen MR) is 115 cm³/mol. The lowest BCUT2D eigenvalue weighted by atomic mass is 9.43. The summed E-state index contributed by atoms with van der Waals surface area (Å²) in [6, 6.07) is 0. The fraction of sp³-hybridized carbons (Fsp3) is 0.950. The molecule has 2 heterocycles. The maximum Gasteiger partial charge on any atom is 0.478 e. The Hall–Kier alpha value is 0.155. The Morgan fingerprint density at radius 3 is 2.85 bits per heavy atom. The summed E-state index contributed by atoms with van der Waals surface area (Å²) >= 11 is 0. The van der Waals surface area contributed by atoms with Crippen LogP contribution in [0.25, 0.3) is 0 Å². The van der Waals surface area contributed by atoms with Crippen LogP contribution in [0.2, 0.25) is 0 Å². The molecule has 27 heavy (non-hydrogen) atoms. The molecule has 0 aromatic rings. The van der Waals surface area contributed by atoms with Gasteiger partial charge in [-0.05, 0) is 55.8 Å². The van der Waals surface area contributed by atoms with Gasteiger partial charge >= 0.3 is 7.12 Å². The fourth-order valence-corrected chi connectivity index (χ4v) is 8.89. The summed E-state index contributed by atoms with van der Waals surface area (Å²) in [5.74, 6) is 2.78. The van der Waals surface area contributed by atoms with E-state index in [2.05, 4.69) is 26.1 Å². The molecule has 3 saturated carbocycles. The Morgan fingerprint density at radius 1 is 1.30 bits per heavy atom. The van der Waals surface area contributed by atoms with E-state index in [-0.39, 0.29) is 24.7 Å². The highest BCUT2D eigenvalue weighted by Gasteiger charge is 2.68. The van der Waals surface area contributed by atoms with E-state index in [0.717, 1.165) is 36.9 Å². The Morgan fingerprint density at radius 2 is 2.15 bits per heavy atom. The van der Waals surface area contributed by atoms with Gasteiger partial charge in [0, 0.05) is 17.4 Å². The van der Waals surface area contributed by atoms with Crippen LogP contribution in [0.3, 0.4) is 0 Å². The number of carbonyl (C=O) groups is 1. The number of hydrogen-bond acceptors (Lipinski definition) is 5. The molecule has 5 rings (SSSR count). The summed E-state index contributed by atoms with van der Waals surface area (Å²) in [5.41, 5.74) is 0.231. The zero-order chi connectivity index (χ0) is 19.1. The van der Waals surface area contributed by atoms with Crippen molar-refractivity contribution < 1.29 is 14.1 Å². The predicted octanol–water partition coefficient (Wildman–Crippen LogP) is 4.47. The molecule has 3 aliphatic carbocycles. The van der Waals surface area contributed by atoms with Crippen LogP contribution in [-0.2, 0) is 14.1 Å². The van der Waals surface area contributed by atoms with Crippen LogP contribution in [0.5, 0.6) is 0 Å². The molecule has 152 valence electrons. The van der Waals surface area contributed by atoms with Gasteiger partial charge in [-0.1, -0.05) is 48.8 Å². The van der Waals surface area contributed by atoms with Crippen molar-refractivity contribution in [2.24, 2.45) is 17.3 Å². The second-order valence-corrected chi connectivity index (χ2v) is 12.2. The molecule has 2 bridgehead atoms. The molecule has 5 aliphatic rings. The Balaban J connectivity index is 1.19. The fourth-order valence-electron chi connectivity index (χ4n) is 5.87. The van der Waals surface area contributed by atoms with Crippen LogP contribution in [0.15, 0.2) is 0 Å². The van der Waals surface area contributed by atoms with Gasteiger partial charge < -0.3 is 14.6 Å². The average molecular weight is 411 g/mol. The molecule has 2 saturated heterocycles. The van der Waals surface area contributed by atoms with E-state index in [1.165, 1.54) is 25.0 Å². The van der Waals surface area contributed by atoms with Crippen LogP contribution in [0, 0.1) is 17.3 Å². The van der Waals surface area contributed by atoms with Gasteiger partial charge in [0.05, 0.1) is 18.1 Å². The summed E-state index contributed by atoms with van der Waals surface area (Å²) in [5, 5.41) is 3.86. The maximum absolute atomic E-state index is 12.2. The number of amides is 1. The lowest BCUT2D eigenvalue weighted by molar-refractivity contribution is -0.208. The molecule has 1 N–H and O–H groups in total. The summed E-state index contributed by atoms with van der Waals surface area (Å²) in [6.07, 6.45) is 9.43. The molecular weight excluding hydrogens is 377 g/mol. The van der Waals surface area contributed by atoms with E-state index in [1.54, 1.807) is 0 Å². The second kappa shape index (κ2) is 8.12. The summed E-state index contributed by atoms with van der Waals surface area (Å²) in [7, 11) is 3.74. The van der Waals surface area contributed by atoms with Crippen LogP contribution in [0.1, 0.15) is 72.1 Å². The van der Waals surface area contributed by atoms with Crippen molar-refractivity contribution in [1.29, 1.82) is 0 Å². The van der Waals surface area contributed by atoms with E-state index in [4.69, 9.17) is 9.31 Å². The second-order valence-electron chi connectivity index (χ2n) is 9.40. The number of rotatable bonds is 8. The topological polar surface area (TPSA) is 47.6 Å². The maximum atomic E-state index is 12.2. The van der Waals surface area contributed by atoms with Gasteiger partial charge in [0.25, 0.3) is 0 Å². The van der Waals surface area contributed by atoms with E-state index in [9.17, 15) is 4.79 Å². The highest BCUT2D eigenvalue weighted by atomic mass is 33.1. The van der Waals surface area contributed by atoms with Gasteiger partial charge in [-0.2, -0.15) is 0 Å². The van der Waals surface area contributed by atoms with E-state index in [0.29, 0.717) is 24.2 Å². The lowest BCUT2D eigenvalue weighted by Crippen LogP contribution is -2.66. The number of unbranched alkanes of at least 4 members (excludes halogenated alkanes) is 1. The van der Waals surface area contributed by atoms with Gasteiger partial charge in [0.2, 0.25) is 5.91 Å². The third-order valence-electron chi connectivity index (χ3n) is 7.70. The normalized spacial score (nSPS) is 39.1. The van der Waals surface area contributed by atoms with Gasteiger partial charge in [0.1, 0.15) is 0 Å².